The maximum Gasteiger partial charge on any atom is 0.492 e. The van der Waals surface area contributed by atoms with Gasteiger partial charge >= 0.3 is 47.2 Å². The highest BCUT2D eigenvalue weighted by Crippen LogP contribution is 2.80. The Balaban J connectivity index is 1.58. The second-order valence-electron chi connectivity index (χ2n) is 11.5. The fraction of sp³-hybridized carbons (Fsp3) is 0.500. The first kappa shape index (κ1) is 38.5. The molecule has 2 fully saturated rings. The van der Waals surface area contributed by atoms with E-state index >= 15 is 0 Å². The summed E-state index contributed by atoms with van der Waals surface area (Å²) in [7, 11) is -14.1. The van der Waals surface area contributed by atoms with Crippen LogP contribution < -0.4 is 14.8 Å². The van der Waals surface area contributed by atoms with Crippen LogP contribution in [0.3, 0.4) is 0 Å². The zero-order chi connectivity index (χ0) is 37.5. The normalized spacial score (nSPS) is 29.2. The molecule has 3 aromatic rings. The third kappa shape index (κ3) is 8.86. The quantitative estimate of drug-likeness (QED) is 0.143. The van der Waals surface area contributed by atoms with E-state index in [1.54, 1.807) is 30.8 Å². The number of anilines is 2. The predicted octanol–water partition coefficient (Wildman–Crippen LogP) is 2.30. The fourth-order valence-corrected chi connectivity index (χ4v) is 9.87. The van der Waals surface area contributed by atoms with Crippen molar-refractivity contribution in [1.82, 2.24) is 19.5 Å². The molecule has 2 aliphatic rings. The van der Waals surface area contributed by atoms with E-state index in [9.17, 15) is 37.9 Å². The molecule has 0 aromatic carbocycles. The lowest BCUT2D eigenvalue weighted by Gasteiger charge is -2.28. The topological polar surface area (TPSA) is 270 Å². The van der Waals surface area contributed by atoms with Gasteiger partial charge < -0.3 is 28.9 Å². The Labute approximate surface area is 289 Å². The van der Waals surface area contributed by atoms with Crippen LogP contribution >= 0.6 is 23.5 Å². The van der Waals surface area contributed by atoms with Crippen molar-refractivity contribution in [2.24, 2.45) is 5.92 Å². The SMILES string of the molecule is CCN(C)c1cc[n+](-c2nc(NC(=O)C(C)C)nc3c2ncn3[C@@H]2O[C@H](COP3(=O)OP(=O)(O)OP(=O)(O)O3)C(OC(C)=O)[C@@H]2OC(C)=O)cc1. The van der Waals surface area contributed by atoms with E-state index in [2.05, 4.69) is 33.2 Å². The van der Waals surface area contributed by atoms with E-state index in [1.807, 2.05) is 31.0 Å². The summed E-state index contributed by atoms with van der Waals surface area (Å²) in [6.45, 7) is 7.27. The number of pyridine rings is 1. The molecule has 5 rings (SSSR count). The van der Waals surface area contributed by atoms with Crippen molar-refractivity contribution in [2.75, 3.05) is 30.4 Å². The van der Waals surface area contributed by atoms with Crippen LogP contribution in [0.15, 0.2) is 30.9 Å². The maximum absolute atomic E-state index is 13.0. The van der Waals surface area contributed by atoms with Crippen LogP contribution in [0.25, 0.3) is 17.0 Å². The van der Waals surface area contributed by atoms with Crippen LogP contribution in [0, 0.1) is 5.92 Å². The largest absolute Gasteiger partial charge is 0.492 e. The van der Waals surface area contributed by atoms with Gasteiger partial charge in [0.2, 0.25) is 11.4 Å². The second-order valence-corrected chi connectivity index (χ2v) is 16.4. The highest BCUT2D eigenvalue weighted by Gasteiger charge is 2.56. The van der Waals surface area contributed by atoms with Gasteiger partial charge in [0, 0.05) is 56.2 Å². The highest BCUT2D eigenvalue weighted by atomic mass is 31.3. The molecular weight excluding hydrogens is 743 g/mol. The van der Waals surface area contributed by atoms with Crippen LogP contribution in [-0.4, -0.2) is 85.7 Å². The number of nitrogens with zero attached hydrogens (tertiary/aromatic N) is 6. The Hall–Kier alpha value is -3.68. The van der Waals surface area contributed by atoms with Crippen LogP contribution in [0.1, 0.15) is 40.8 Å². The fourth-order valence-electron chi connectivity index (χ4n) is 4.93. The van der Waals surface area contributed by atoms with Crippen molar-refractivity contribution in [3.63, 3.8) is 0 Å². The first-order chi connectivity index (χ1) is 23.8. The standard InChI is InChI=1S/C26H34N7O15P3/c1-7-31(6)17-8-10-32(11-9-17)22-19-23(29-26(28-22)30-24(36)14(2)3)33(13-27-19)25-21(44-16(5)35)20(43-15(4)34)18(45-25)12-42-51(41)47-49(37,38)46-50(39,40)48-51/h8-11,13-14,18,20-21,25H,7,12H2,1-6H3,(H2-,28,29,30,36,37,38,39,40)/p+1/t18-,20?,21+,25-/m1/s1. The molecule has 0 spiro atoms. The molecule has 1 amide bonds. The summed E-state index contributed by atoms with van der Waals surface area (Å²) in [6.07, 6.45) is -1.17. The molecule has 22 nitrogen and oxygen atoms in total. The average Bonchev–Trinajstić information content (AvgIpc) is 3.58. The third-order valence-electron chi connectivity index (χ3n) is 7.31. The Kier molecular flexibility index (Phi) is 11.1. The minimum absolute atomic E-state index is 0.0536. The Bertz CT molecular complexity index is 1950. The minimum Gasteiger partial charge on any atom is -0.456 e. The number of ether oxygens (including phenoxy) is 3. The summed E-state index contributed by atoms with van der Waals surface area (Å²) < 4.78 is 74.4. The first-order valence-corrected chi connectivity index (χ1v) is 19.6. The van der Waals surface area contributed by atoms with Crippen molar-refractivity contribution in [3.05, 3.63) is 30.9 Å². The van der Waals surface area contributed by atoms with Gasteiger partial charge in [0.1, 0.15) is 6.10 Å². The molecule has 6 atom stereocenters. The first-order valence-electron chi connectivity index (χ1n) is 15.1. The monoisotopic (exact) mass is 778 g/mol. The number of carbonyl (C=O) groups excluding carboxylic acids is 3. The van der Waals surface area contributed by atoms with E-state index in [0.29, 0.717) is 0 Å². The van der Waals surface area contributed by atoms with Crippen LogP contribution in [0.2, 0.25) is 0 Å². The van der Waals surface area contributed by atoms with Crippen LogP contribution in [0.4, 0.5) is 11.6 Å². The van der Waals surface area contributed by atoms with Gasteiger partial charge in [-0.2, -0.15) is 17.9 Å². The second kappa shape index (κ2) is 14.7. The number of aromatic nitrogens is 5. The molecule has 5 heterocycles. The predicted molar refractivity (Wildman–Crippen MR) is 171 cm³/mol. The molecule has 0 radical (unpaired) electrons. The van der Waals surface area contributed by atoms with Gasteiger partial charge in [0.25, 0.3) is 0 Å². The Morgan fingerprint density at radius 3 is 2.20 bits per heavy atom. The van der Waals surface area contributed by atoms with Crippen molar-refractivity contribution in [1.29, 1.82) is 0 Å². The molecule has 2 saturated heterocycles. The smallest absolute Gasteiger partial charge is 0.456 e. The Morgan fingerprint density at radius 2 is 1.63 bits per heavy atom. The number of hydrogen-bond acceptors (Lipinski definition) is 17. The molecule has 51 heavy (non-hydrogen) atoms. The van der Waals surface area contributed by atoms with Crippen molar-refractivity contribution < 1.29 is 74.1 Å². The molecule has 0 bridgehead atoms. The maximum atomic E-state index is 13.0. The van der Waals surface area contributed by atoms with Crippen LogP contribution in [-0.2, 0) is 59.7 Å². The minimum atomic E-state index is -5.38. The van der Waals surface area contributed by atoms with Gasteiger partial charge in [-0.25, -0.2) is 23.2 Å². The van der Waals surface area contributed by atoms with Crippen LogP contribution in [0.5, 0.6) is 0 Å². The zero-order valence-electron chi connectivity index (χ0n) is 27.9. The van der Waals surface area contributed by atoms with Gasteiger partial charge in [-0.3, -0.25) is 28.8 Å². The lowest BCUT2D eigenvalue weighted by atomic mass is 10.1. The number of nitrogens with one attached hydrogen (secondary N) is 1. The van der Waals surface area contributed by atoms with E-state index in [-0.39, 0.29) is 22.9 Å². The van der Waals surface area contributed by atoms with Gasteiger partial charge in [-0.15, -0.1) is 0 Å². The van der Waals surface area contributed by atoms with E-state index < -0.39 is 78.4 Å². The number of fused-ring (bicyclic) bond motifs is 1. The molecule has 0 aliphatic carbocycles. The summed E-state index contributed by atoms with van der Waals surface area (Å²) >= 11 is 0. The van der Waals surface area contributed by atoms with Gasteiger partial charge in [-0.05, 0) is 6.92 Å². The van der Waals surface area contributed by atoms with E-state index in [4.69, 9.17) is 18.7 Å². The average molecular weight is 779 g/mol. The molecule has 0 saturated carbocycles. The molecule has 3 unspecified atom stereocenters. The van der Waals surface area contributed by atoms with Crippen molar-refractivity contribution in [2.45, 2.75) is 59.2 Å². The summed E-state index contributed by atoms with van der Waals surface area (Å²) in [6, 6.07) is 3.68. The number of amides is 1. The molecule has 3 aromatic heterocycles. The third-order valence-corrected chi connectivity index (χ3v) is 12.7. The number of phosphoric acid groups is 3. The molecule has 2 aliphatic heterocycles. The van der Waals surface area contributed by atoms with Gasteiger partial charge in [-0.1, -0.05) is 13.8 Å². The summed E-state index contributed by atoms with van der Waals surface area (Å²) in [5.41, 5.74) is 1.16. The lowest BCUT2D eigenvalue weighted by Crippen LogP contribution is -2.40. The molecular formula is C26H35N7O15P3+. The Morgan fingerprint density at radius 1 is 1.02 bits per heavy atom. The summed E-state index contributed by atoms with van der Waals surface area (Å²) in [5, 5.41) is 2.66. The summed E-state index contributed by atoms with van der Waals surface area (Å²) in [4.78, 5) is 72.0. The highest BCUT2D eigenvalue weighted by molar-refractivity contribution is 7.74. The molecule has 3 N–H and O–H groups in total. The number of hydrogen-bond donors (Lipinski definition) is 3. The van der Waals surface area contributed by atoms with Gasteiger partial charge in [0.05, 0.1) is 25.3 Å². The molecule has 278 valence electrons. The molecule has 25 heteroatoms. The number of carbonyl (C=O) groups is 3. The van der Waals surface area contributed by atoms with E-state index in [1.165, 1.54) is 10.9 Å². The zero-order valence-corrected chi connectivity index (χ0v) is 30.6. The van der Waals surface area contributed by atoms with Crippen molar-refractivity contribution >= 4 is 64.1 Å². The van der Waals surface area contributed by atoms with E-state index in [0.717, 1.165) is 26.1 Å². The number of imidazole rings is 1. The van der Waals surface area contributed by atoms with Crippen molar-refractivity contribution in [3.8, 4) is 5.82 Å². The number of esters is 2. The van der Waals surface area contributed by atoms with Gasteiger partial charge in [0.15, 0.2) is 24.1 Å². The number of rotatable bonds is 11. The lowest BCUT2D eigenvalue weighted by molar-refractivity contribution is -0.598. The summed E-state index contributed by atoms with van der Waals surface area (Å²) in [5.74, 6) is -2.44.